The molecule has 0 aliphatic carbocycles. The molecule has 8 heteroatoms. The molecule has 2 aromatic rings. The molecule has 0 radical (unpaired) electrons. The standard InChI is InChI=1S/C28H35NO7/c1-27(2,3)35-23(30)15-12-18-9-7-11-22-24(18)33-16-8-10-19-17-20(13-14-21(19)25(31)34-22)29-26(32)36-28(4,5)6/h7,9,11,13-14,17H,8,10,12,15-16H2,1-6H3,(H,29,32). The molecule has 36 heavy (non-hydrogen) atoms. The second-order valence-electron chi connectivity index (χ2n) is 10.7. The zero-order valence-electron chi connectivity index (χ0n) is 21.9. The third-order valence-corrected chi connectivity index (χ3v) is 5.09. The van der Waals surface area contributed by atoms with Crippen molar-refractivity contribution in [1.29, 1.82) is 0 Å². The number of nitrogens with one attached hydrogen (secondary N) is 1. The van der Waals surface area contributed by atoms with Crippen LogP contribution in [0.25, 0.3) is 0 Å². The maximum absolute atomic E-state index is 13.1. The average Bonchev–Trinajstić information content (AvgIpc) is 2.73. The molecule has 0 unspecified atom stereocenters. The number of aryl methyl sites for hydroxylation is 2. The number of amides is 1. The summed E-state index contributed by atoms with van der Waals surface area (Å²) in [6, 6.07) is 10.3. The van der Waals surface area contributed by atoms with Crippen LogP contribution in [-0.4, -0.2) is 35.8 Å². The third kappa shape index (κ3) is 8.00. The van der Waals surface area contributed by atoms with Gasteiger partial charge in [-0.1, -0.05) is 12.1 Å². The van der Waals surface area contributed by atoms with Gasteiger partial charge in [-0.25, -0.2) is 9.59 Å². The van der Waals surface area contributed by atoms with Crippen LogP contribution in [0.4, 0.5) is 10.5 Å². The Bertz CT molecular complexity index is 1130. The van der Waals surface area contributed by atoms with E-state index in [9.17, 15) is 14.4 Å². The van der Waals surface area contributed by atoms with Gasteiger partial charge >= 0.3 is 18.0 Å². The van der Waals surface area contributed by atoms with Gasteiger partial charge < -0.3 is 18.9 Å². The second-order valence-corrected chi connectivity index (χ2v) is 10.7. The lowest BCUT2D eigenvalue weighted by Crippen LogP contribution is -2.27. The van der Waals surface area contributed by atoms with Crippen LogP contribution < -0.4 is 14.8 Å². The van der Waals surface area contributed by atoms with E-state index in [1.165, 1.54) is 0 Å². The molecule has 1 amide bonds. The third-order valence-electron chi connectivity index (χ3n) is 5.09. The van der Waals surface area contributed by atoms with Gasteiger partial charge in [0.25, 0.3) is 0 Å². The van der Waals surface area contributed by atoms with Gasteiger partial charge in [-0.3, -0.25) is 10.1 Å². The number of carbonyl (C=O) groups excluding carboxylic acids is 3. The molecule has 194 valence electrons. The minimum atomic E-state index is -0.621. The zero-order valence-corrected chi connectivity index (χ0v) is 21.9. The number of carbonyl (C=O) groups is 3. The predicted molar refractivity (Wildman–Crippen MR) is 136 cm³/mol. The van der Waals surface area contributed by atoms with Crippen LogP contribution in [0.15, 0.2) is 36.4 Å². The van der Waals surface area contributed by atoms with Crippen LogP contribution in [0.5, 0.6) is 11.5 Å². The van der Waals surface area contributed by atoms with Crippen molar-refractivity contribution in [3.8, 4) is 11.5 Å². The van der Waals surface area contributed by atoms with Crippen LogP contribution in [0.3, 0.4) is 0 Å². The Balaban J connectivity index is 1.78. The first-order valence-electron chi connectivity index (χ1n) is 12.1. The van der Waals surface area contributed by atoms with Gasteiger partial charge in [0.1, 0.15) is 11.2 Å². The summed E-state index contributed by atoms with van der Waals surface area (Å²) in [5, 5.41) is 2.71. The number of hydrogen-bond acceptors (Lipinski definition) is 7. The van der Waals surface area contributed by atoms with E-state index in [0.29, 0.717) is 48.6 Å². The lowest BCUT2D eigenvalue weighted by Gasteiger charge is -2.21. The van der Waals surface area contributed by atoms with Gasteiger partial charge in [0.15, 0.2) is 11.5 Å². The molecular formula is C28H35NO7. The van der Waals surface area contributed by atoms with Crippen molar-refractivity contribution in [3.05, 3.63) is 53.1 Å². The quantitative estimate of drug-likeness (QED) is 0.418. The highest BCUT2D eigenvalue weighted by molar-refractivity contribution is 5.94. The van der Waals surface area contributed by atoms with Crippen LogP contribution in [0, 0.1) is 0 Å². The Hall–Kier alpha value is -3.55. The largest absolute Gasteiger partial charge is 0.489 e. The number of para-hydroxylation sites is 1. The van der Waals surface area contributed by atoms with E-state index in [0.717, 1.165) is 11.1 Å². The van der Waals surface area contributed by atoms with Gasteiger partial charge in [0, 0.05) is 12.1 Å². The van der Waals surface area contributed by atoms with Gasteiger partial charge in [0.05, 0.1) is 12.2 Å². The number of rotatable bonds is 4. The minimum absolute atomic E-state index is 0.182. The van der Waals surface area contributed by atoms with E-state index < -0.39 is 23.3 Å². The molecule has 0 saturated carbocycles. The highest BCUT2D eigenvalue weighted by atomic mass is 16.6. The number of benzene rings is 2. The van der Waals surface area contributed by atoms with Crippen LogP contribution >= 0.6 is 0 Å². The second kappa shape index (κ2) is 11.0. The van der Waals surface area contributed by atoms with Gasteiger partial charge in [-0.2, -0.15) is 0 Å². The monoisotopic (exact) mass is 497 g/mol. The Morgan fingerprint density at radius 1 is 1.00 bits per heavy atom. The fraction of sp³-hybridized carbons (Fsp3) is 0.464. The predicted octanol–water partition coefficient (Wildman–Crippen LogP) is 5.85. The fourth-order valence-corrected chi connectivity index (χ4v) is 3.72. The Labute approximate surface area is 212 Å². The number of fused-ring (bicyclic) bond motifs is 2. The summed E-state index contributed by atoms with van der Waals surface area (Å²) >= 11 is 0. The maximum atomic E-state index is 13.1. The van der Waals surface area contributed by atoms with Crippen molar-refractivity contribution in [2.24, 2.45) is 0 Å². The maximum Gasteiger partial charge on any atom is 0.412 e. The lowest BCUT2D eigenvalue weighted by molar-refractivity contribution is -0.154. The summed E-state index contributed by atoms with van der Waals surface area (Å²) in [5.74, 6) is -0.0712. The Morgan fingerprint density at radius 2 is 1.72 bits per heavy atom. The molecule has 0 saturated heterocycles. The SMILES string of the molecule is CC(C)(C)OC(=O)CCc1cccc2c1OCCCc1cc(NC(=O)OC(C)(C)C)ccc1C(=O)O2. The van der Waals surface area contributed by atoms with Gasteiger partial charge in [-0.05, 0) is 96.2 Å². The summed E-state index contributed by atoms with van der Waals surface area (Å²) in [7, 11) is 0. The molecule has 1 N–H and O–H groups in total. The first-order valence-corrected chi connectivity index (χ1v) is 12.1. The molecule has 0 fully saturated rings. The Morgan fingerprint density at radius 3 is 2.42 bits per heavy atom. The lowest BCUT2D eigenvalue weighted by atomic mass is 10.0. The average molecular weight is 498 g/mol. The zero-order chi connectivity index (χ0) is 26.5. The Kier molecular flexibility index (Phi) is 8.28. The first-order chi connectivity index (χ1) is 16.8. The molecule has 1 aliphatic heterocycles. The molecule has 2 aromatic carbocycles. The fourth-order valence-electron chi connectivity index (χ4n) is 3.72. The van der Waals surface area contributed by atoms with Crippen molar-refractivity contribution in [1.82, 2.24) is 0 Å². The van der Waals surface area contributed by atoms with Crippen molar-refractivity contribution in [2.45, 2.75) is 78.4 Å². The summed E-state index contributed by atoms with van der Waals surface area (Å²) in [6.45, 7) is 11.2. The molecule has 0 bridgehead atoms. The van der Waals surface area contributed by atoms with Crippen molar-refractivity contribution in [2.75, 3.05) is 11.9 Å². The molecule has 0 atom stereocenters. The van der Waals surface area contributed by atoms with E-state index in [1.54, 1.807) is 51.1 Å². The number of anilines is 1. The van der Waals surface area contributed by atoms with E-state index in [2.05, 4.69) is 5.32 Å². The molecule has 0 spiro atoms. The first kappa shape index (κ1) is 27.0. The summed E-state index contributed by atoms with van der Waals surface area (Å²) in [5.41, 5.74) is 1.27. The van der Waals surface area contributed by atoms with Crippen molar-refractivity contribution < 1.29 is 33.3 Å². The molecule has 0 aromatic heterocycles. The summed E-state index contributed by atoms with van der Waals surface area (Å²) in [4.78, 5) is 37.4. The van der Waals surface area contributed by atoms with Gasteiger partial charge in [0.2, 0.25) is 0 Å². The van der Waals surface area contributed by atoms with E-state index in [1.807, 2.05) is 26.8 Å². The molecular weight excluding hydrogens is 462 g/mol. The molecule has 8 nitrogen and oxygen atoms in total. The highest BCUT2D eigenvalue weighted by Crippen LogP contribution is 2.34. The summed E-state index contributed by atoms with van der Waals surface area (Å²) < 4.78 is 22.4. The number of hydrogen-bond donors (Lipinski definition) is 1. The molecule has 1 aliphatic rings. The molecule has 3 rings (SSSR count). The summed E-state index contributed by atoms with van der Waals surface area (Å²) in [6.07, 6.45) is 1.19. The highest BCUT2D eigenvalue weighted by Gasteiger charge is 2.23. The van der Waals surface area contributed by atoms with E-state index in [4.69, 9.17) is 18.9 Å². The number of ether oxygens (including phenoxy) is 4. The minimum Gasteiger partial charge on any atom is -0.489 e. The topological polar surface area (TPSA) is 100 Å². The van der Waals surface area contributed by atoms with Crippen molar-refractivity contribution >= 4 is 23.7 Å². The molecule has 1 heterocycles. The normalized spacial score (nSPS) is 13.9. The van der Waals surface area contributed by atoms with Crippen LogP contribution in [0.1, 0.15) is 75.9 Å². The van der Waals surface area contributed by atoms with Gasteiger partial charge in [-0.15, -0.1) is 0 Å². The van der Waals surface area contributed by atoms with Crippen LogP contribution in [-0.2, 0) is 27.1 Å². The van der Waals surface area contributed by atoms with E-state index in [-0.39, 0.29) is 12.4 Å². The number of esters is 2. The van der Waals surface area contributed by atoms with Crippen LogP contribution in [0.2, 0.25) is 0 Å². The van der Waals surface area contributed by atoms with E-state index >= 15 is 0 Å². The van der Waals surface area contributed by atoms with Crippen molar-refractivity contribution in [3.63, 3.8) is 0 Å². The smallest absolute Gasteiger partial charge is 0.412 e.